The summed E-state index contributed by atoms with van der Waals surface area (Å²) in [4.78, 5) is 27.1. The summed E-state index contributed by atoms with van der Waals surface area (Å²) < 4.78 is 0. The van der Waals surface area contributed by atoms with Gasteiger partial charge in [-0.2, -0.15) is 0 Å². The lowest BCUT2D eigenvalue weighted by atomic mass is 10.1. The van der Waals surface area contributed by atoms with Crippen molar-refractivity contribution in [2.75, 3.05) is 0 Å². The van der Waals surface area contributed by atoms with Gasteiger partial charge in [-0.25, -0.2) is 4.98 Å². The van der Waals surface area contributed by atoms with Gasteiger partial charge in [-0.3, -0.25) is 9.59 Å². The third-order valence-electron chi connectivity index (χ3n) is 2.85. The number of aliphatic carboxylic acids is 1. The first-order valence-corrected chi connectivity index (χ1v) is 7.39. The number of nitrogens with one attached hydrogen (secondary N) is 1. The number of hydrogen-bond acceptors (Lipinski definition) is 4. The predicted octanol–water partition coefficient (Wildman–Crippen LogP) is 2.71. The Bertz CT molecular complexity index is 666. The number of aromatic nitrogens is 1. The highest BCUT2D eigenvalue weighted by atomic mass is 32.1. The monoisotopic (exact) mass is 304 g/mol. The molecule has 0 aliphatic heterocycles. The van der Waals surface area contributed by atoms with Crippen LogP contribution in [-0.2, 0) is 4.79 Å². The van der Waals surface area contributed by atoms with Gasteiger partial charge in [0.15, 0.2) is 0 Å². The second-order valence-electron chi connectivity index (χ2n) is 4.85. The Morgan fingerprint density at radius 2 is 2.19 bits per heavy atom. The largest absolute Gasteiger partial charge is 0.481 e. The first-order chi connectivity index (χ1) is 9.95. The Balaban J connectivity index is 2.13. The smallest absolute Gasteiger partial charge is 0.305 e. The van der Waals surface area contributed by atoms with Crippen molar-refractivity contribution in [2.45, 2.75) is 26.3 Å². The highest BCUT2D eigenvalue weighted by Gasteiger charge is 2.13. The van der Waals surface area contributed by atoms with E-state index in [0.717, 1.165) is 16.3 Å². The first kappa shape index (κ1) is 15.2. The Morgan fingerprint density at radius 3 is 2.81 bits per heavy atom. The van der Waals surface area contributed by atoms with Gasteiger partial charge in [0, 0.05) is 28.2 Å². The highest BCUT2D eigenvalue weighted by molar-refractivity contribution is 7.13. The molecule has 1 amide bonds. The van der Waals surface area contributed by atoms with Crippen molar-refractivity contribution in [2.24, 2.45) is 0 Å². The zero-order chi connectivity index (χ0) is 15.4. The van der Waals surface area contributed by atoms with Crippen molar-refractivity contribution in [3.05, 3.63) is 40.9 Å². The van der Waals surface area contributed by atoms with Gasteiger partial charge in [-0.15, -0.1) is 11.3 Å². The van der Waals surface area contributed by atoms with Crippen LogP contribution in [0.15, 0.2) is 29.6 Å². The van der Waals surface area contributed by atoms with Crippen molar-refractivity contribution in [1.82, 2.24) is 10.3 Å². The van der Waals surface area contributed by atoms with E-state index in [2.05, 4.69) is 10.3 Å². The summed E-state index contributed by atoms with van der Waals surface area (Å²) >= 11 is 1.52. The fraction of sp³-hybridized carbons (Fsp3) is 0.267. The lowest BCUT2D eigenvalue weighted by molar-refractivity contribution is -0.137. The second kappa shape index (κ2) is 6.49. The fourth-order valence-corrected chi connectivity index (χ4v) is 2.69. The Labute approximate surface area is 126 Å². The van der Waals surface area contributed by atoms with E-state index >= 15 is 0 Å². The number of nitrogens with zero attached hydrogens (tertiary/aromatic N) is 1. The molecule has 5 nitrogen and oxygen atoms in total. The number of carboxylic acid groups (broad SMARTS) is 1. The lowest BCUT2D eigenvalue weighted by Crippen LogP contribution is -2.34. The fourth-order valence-electron chi connectivity index (χ4n) is 1.90. The first-order valence-electron chi connectivity index (χ1n) is 6.51. The molecular weight excluding hydrogens is 288 g/mol. The number of carboxylic acids is 1. The molecule has 1 aromatic heterocycles. The minimum Gasteiger partial charge on any atom is -0.481 e. The molecule has 0 saturated carbocycles. The number of thiazole rings is 1. The molecule has 0 aliphatic rings. The molecule has 1 unspecified atom stereocenters. The summed E-state index contributed by atoms with van der Waals surface area (Å²) in [6.07, 6.45) is -0.100. The van der Waals surface area contributed by atoms with Gasteiger partial charge in [0.05, 0.1) is 6.42 Å². The molecule has 2 aromatic rings. The van der Waals surface area contributed by atoms with Crippen LogP contribution in [0.1, 0.15) is 29.4 Å². The van der Waals surface area contributed by atoms with Crippen LogP contribution in [0.5, 0.6) is 0 Å². The molecule has 0 spiro atoms. The van der Waals surface area contributed by atoms with E-state index in [9.17, 15) is 9.59 Å². The van der Waals surface area contributed by atoms with E-state index in [-0.39, 0.29) is 12.3 Å². The summed E-state index contributed by atoms with van der Waals surface area (Å²) in [7, 11) is 0. The quantitative estimate of drug-likeness (QED) is 0.890. The number of carbonyl (C=O) groups excluding carboxylic acids is 1. The normalized spacial score (nSPS) is 11.9. The van der Waals surface area contributed by atoms with Crippen LogP contribution in [0.4, 0.5) is 0 Å². The molecule has 21 heavy (non-hydrogen) atoms. The number of aryl methyl sites for hydroxylation is 1. The maximum Gasteiger partial charge on any atom is 0.305 e. The number of rotatable bonds is 5. The molecular formula is C15H16N2O3S. The molecule has 1 aromatic carbocycles. The van der Waals surface area contributed by atoms with Gasteiger partial charge >= 0.3 is 5.97 Å². The van der Waals surface area contributed by atoms with Crippen LogP contribution in [0, 0.1) is 6.92 Å². The SMILES string of the molecule is Cc1csc(-c2cccc(C(=O)NC(C)CC(=O)O)c2)n1. The minimum absolute atomic E-state index is 0.100. The predicted molar refractivity (Wildman–Crippen MR) is 81.5 cm³/mol. The third kappa shape index (κ3) is 4.13. The zero-order valence-corrected chi connectivity index (χ0v) is 12.6. The van der Waals surface area contributed by atoms with Gasteiger partial charge in [-0.1, -0.05) is 12.1 Å². The van der Waals surface area contributed by atoms with Crippen molar-refractivity contribution < 1.29 is 14.7 Å². The number of benzene rings is 1. The minimum atomic E-state index is -0.935. The van der Waals surface area contributed by atoms with Gasteiger partial charge in [-0.05, 0) is 26.0 Å². The van der Waals surface area contributed by atoms with Crippen molar-refractivity contribution in [3.8, 4) is 10.6 Å². The van der Waals surface area contributed by atoms with Crippen LogP contribution in [-0.4, -0.2) is 28.0 Å². The van der Waals surface area contributed by atoms with Crippen molar-refractivity contribution >= 4 is 23.2 Å². The average molecular weight is 304 g/mol. The van der Waals surface area contributed by atoms with Crippen LogP contribution in [0.2, 0.25) is 0 Å². The molecule has 0 bridgehead atoms. The van der Waals surface area contributed by atoms with E-state index in [4.69, 9.17) is 5.11 Å². The summed E-state index contributed by atoms with van der Waals surface area (Å²) in [6.45, 7) is 3.59. The van der Waals surface area contributed by atoms with E-state index in [1.165, 1.54) is 11.3 Å². The highest BCUT2D eigenvalue weighted by Crippen LogP contribution is 2.24. The van der Waals surface area contributed by atoms with Gasteiger partial charge in [0.25, 0.3) is 5.91 Å². The van der Waals surface area contributed by atoms with E-state index in [0.29, 0.717) is 5.56 Å². The number of carbonyl (C=O) groups is 2. The molecule has 1 heterocycles. The Kier molecular flexibility index (Phi) is 4.70. The van der Waals surface area contributed by atoms with Crippen LogP contribution in [0.25, 0.3) is 10.6 Å². The molecule has 110 valence electrons. The molecule has 2 rings (SSSR count). The van der Waals surface area contributed by atoms with Gasteiger partial charge in [0.1, 0.15) is 5.01 Å². The molecule has 0 fully saturated rings. The maximum atomic E-state index is 12.1. The Morgan fingerprint density at radius 1 is 1.43 bits per heavy atom. The van der Waals surface area contributed by atoms with Crippen LogP contribution < -0.4 is 5.32 Å². The topological polar surface area (TPSA) is 79.3 Å². The van der Waals surface area contributed by atoms with Crippen molar-refractivity contribution in [3.63, 3.8) is 0 Å². The molecule has 6 heteroatoms. The number of hydrogen-bond donors (Lipinski definition) is 2. The third-order valence-corrected chi connectivity index (χ3v) is 3.86. The molecule has 1 atom stereocenters. The molecule has 2 N–H and O–H groups in total. The van der Waals surface area contributed by atoms with E-state index in [1.54, 1.807) is 25.1 Å². The average Bonchev–Trinajstić information content (AvgIpc) is 2.84. The van der Waals surface area contributed by atoms with E-state index in [1.807, 2.05) is 18.4 Å². The molecule has 0 saturated heterocycles. The lowest BCUT2D eigenvalue weighted by Gasteiger charge is -2.11. The number of amides is 1. The second-order valence-corrected chi connectivity index (χ2v) is 5.71. The summed E-state index contributed by atoms with van der Waals surface area (Å²) in [5, 5.41) is 14.2. The van der Waals surface area contributed by atoms with Crippen LogP contribution in [0.3, 0.4) is 0 Å². The summed E-state index contributed by atoms with van der Waals surface area (Å²) in [5.41, 5.74) is 2.32. The summed E-state index contributed by atoms with van der Waals surface area (Å²) in [5.74, 6) is -1.21. The maximum absolute atomic E-state index is 12.1. The van der Waals surface area contributed by atoms with Gasteiger partial charge < -0.3 is 10.4 Å². The van der Waals surface area contributed by atoms with Gasteiger partial charge in [0.2, 0.25) is 0 Å². The summed E-state index contributed by atoms with van der Waals surface area (Å²) in [6, 6.07) is 6.74. The Hall–Kier alpha value is -2.21. The molecule has 0 radical (unpaired) electrons. The zero-order valence-electron chi connectivity index (χ0n) is 11.8. The van der Waals surface area contributed by atoms with Crippen LogP contribution >= 0.6 is 11.3 Å². The standard InChI is InChI=1S/C15H16N2O3S/c1-9(6-13(18)19)16-14(20)11-4-3-5-12(7-11)15-17-10(2)8-21-15/h3-5,7-9H,6H2,1-2H3,(H,16,20)(H,18,19). The van der Waals surface area contributed by atoms with Crippen molar-refractivity contribution in [1.29, 1.82) is 0 Å². The molecule has 0 aliphatic carbocycles. The van der Waals surface area contributed by atoms with E-state index < -0.39 is 12.0 Å².